The van der Waals surface area contributed by atoms with Gasteiger partial charge in [0.15, 0.2) is 0 Å². The van der Waals surface area contributed by atoms with E-state index in [1.807, 2.05) is 25.1 Å². The fraction of sp³-hybridized carbons (Fsp3) is 0.212. The van der Waals surface area contributed by atoms with Gasteiger partial charge >= 0.3 is 5.97 Å². The van der Waals surface area contributed by atoms with Crippen LogP contribution < -0.4 is 10.2 Å². The molecule has 0 spiro atoms. The van der Waals surface area contributed by atoms with Crippen molar-refractivity contribution < 1.29 is 23.5 Å². The van der Waals surface area contributed by atoms with Crippen molar-refractivity contribution in [2.45, 2.75) is 39.3 Å². The van der Waals surface area contributed by atoms with E-state index in [9.17, 15) is 23.5 Å². The molecule has 1 atom stereocenters. The molecule has 0 aromatic heterocycles. The zero-order valence-electron chi connectivity index (χ0n) is 22.4. The molecule has 0 unspecified atom stereocenters. The van der Waals surface area contributed by atoms with Gasteiger partial charge in [0.2, 0.25) is 0 Å². The summed E-state index contributed by atoms with van der Waals surface area (Å²) in [6.45, 7) is 4.55. The van der Waals surface area contributed by atoms with Gasteiger partial charge in [-0.3, -0.25) is 4.79 Å². The van der Waals surface area contributed by atoms with Crippen molar-refractivity contribution in [1.82, 2.24) is 5.32 Å². The quantitative estimate of drug-likeness (QED) is 0.263. The van der Waals surface area contributed by atoms with E-state index in [2.05, 4.69) is 10.2 Å². The maximum Gasteiger partial charge on any atom is 0.336 e. The van der Waals surface area contributed by atoms with Gasteiger partial charge in [0, 0.05) is 29.9 Å². The van der Waals surface area contributed by atoms with Crippen LogP contribution in [0.4, 0.5) is 14.5 Å². The molecule has 0 fully saturated rings. The van der Waals surface area contributed by atoms with E-state index in [0.717, 1.165) is 30.6 Å². The number of amides is 1. The first-order valence-corrected chi connectivity index (χ1v) is 13.3. The molecule has 4 aromatic carbocycles. The third kappa shape index (κ3) is 5.59. The second-order valence-corrected chi connectivity index (χ2v) is 10.2. The molecule has 204 valence electrons. The third-order valence-corrected chi connectivity index (χ3v) is 7.48. The highest BCUT2D eigenvalue weighted by atomic mass is 19.1. The van der Waals surface area contributed by atoms with Crippen LogP contribution in [0, 0.1) is 18.6 Å². The fourth-order valence-corrected chi connectivity index (χ4v) is 5.21. The third-order valence-electron chi connectivity index (χ3n) is 7.48. The second kappa shape index (κ2) is 11.3. The maximum atomic E-state index is 14.9. The molecule has 0 saturated heterocycles. The summed E-state index contributed by atoms with van der Waals surface area (Å²) >= 11 is 0. The Labute approximate surface area is 232 Å². The monoisotopic (exact) mass is 540 g/mol. The number of carboxylic acids is 1. The minimum atomic E-state index is -1.04. The summed E-state index contributed by atoms with van der Waals surface area (Å²) in [5, 5.41) is 12.5. The van der Waals surface area contributed by atoms with Crippen LogP contribution in [0.2, 0.25) is 0 Å². The van der Waals surface area contributed by atoms with E-state index in [-0.39, 0.29) is 29.1 Å². The molecule has 1 heterocycles. The molecule has 2 N–H and O–H groups in total. The van der Waals surface area contributed by atoms with Gasteiger partial charge in [0.1, 0.15) is 11.6 Å². The van der Waals surface area contributed by atoms with E-state index < -0.39 is 5.97 Å². The van der Waals surface area contributed by atoms with E-state index in [1.54, 1.807) is 49.4 Å². The highest BCUT2D eigenvalue weighted by Crippen LogP contribution is 2.32. The molecule has 7 heteroatoms. The van der Waals surface area contributed by atoms with Crippen molar-refractivity contribution in [2.75, 3.05) is 11.4 Å². The Morgan fingerprint density at radius 3 is 2.55 bits per heavy atom. The van der Waals surface area contributed by atoms with Gasteiger partial charge in [-0.2, -0.15) is 0 Å². The molecule has 5 nitrogen and oxygen atoms in total. The normalized spacial score (nSPS) is 13.4. The smallest absolute Gasteiger partial charge is 0.336 e. The molecule has 4 aromatic rings. The molecule has 1 aliphatic heterocycles. The Bertz CT molecular complexity index is 1600. The largest absolute Gasteiger partial charge is 0.478 e. The molecular weight excluding hydrogens is 510 g/mol. The maximum absolute atomic E-state index is 14.9. The van der Waals surface area contributed by atoms with Crippen LogP contribution in [0.5, 0.6) is 0 Å². The molecule has 0 radical (unpaired) electrons. The van der Waals surface area contributed by atoms with Crippen LogP contribution in [0.3, 0.4) is 0 Å². The number of nitrogens with zero attached hydrogens (tertiary/aromatic N) is 1. The molecule has 0 saturated carbocycles. The average molecular weight is 541 g/mol. The fourth-order valence-electron chi connectivity index (χ4n) is 5.21. The summed E-state index contributed by atoms with van der Waals surface area (Å²) in [5.74, 6) is -1.95. The van der Waals surface area contributed by atoms with E-state index in [4.69, 9.17) is 0 Å². The lowest BCUT2D eigenvalue weighted by Crippen LogP contribution is -2.30. The van der Waals surface area contributed by atoms with Crippen molar-refractivity contribution in [2.24, 2.45) is 0 Å². The number of hydrogen-bond acceptors (Lipinski definition) is 3. The van der Waals surface area contributed by atoms with Crippen molar-refractivity contribution in [1.29, 1.82) is 0 Å². The van der Waals surface area contributed by atoms with Gasteiger partial charge in [-0.15, -0.1) is 0 Å². The first-order valence-electron chi connectivity index (χ1n) is 13.3. The number of aryl methyl sites for hydroxylation is 2. The topological polar surface area (TPSA) is 69.6 Å². The summed E-state index contributed by atoms with van der Waals surface area (Å²) < 4.78 is 28.9. The van der Waals surface area contributed by atoms with E-state index >= 15 is 0 Å². The Morgan fingerprint density at radius 1 is 0.975 bits per heavy atom. The lowest BCUT2D eigenvalue weighted by molar-refractivity contribution is 0.0697. The van der Waals surface area contributed by atoms with Gasteiger partial charge in [-0.25, -0.2) is 13.6 Å². The number of halogens is 2. The first kappa shape index (κ1) is 27.1. The second-order valence-electron chi connectivity index (χ2n) is 10.2. The molecule has 0 bridgehead atoms. The van der Waals surface area contributed by atoms with Crippen molar-refractivity contribution >= 4 is 17.6 Å². The summed E-state index contributed by atoms with van der Waals surface area (Å²) in [4.78, 5) is 26.8. The summed E-state index contributed by atoms with van der Waals surface area (Å²) in [6.07, 6.45) is 1.64. The number of benzene rings is 4. The van der Waals surface area contributed by atoms with Crippen LogP contribution >= 0.6 is 0 Å². The minimum absolute atomic E-state index is 0.163. The van der Waals surface area contributed by atoms with Crippen LogP contribution in [0.15, 0.2) is 78.9 Å². The number of aromatic carboxylic acids is 1. The number of carboxylic acid groups (broad SMARTS) is 1. The number of nitrogens with one attached hydrogen (secondary N) is 1. The molecule has 40 heavy (non-hydrogen) atoms. The minimum Gasteiger partial charge on any atom is -0.478 e. The van der Waals surface area contributed by atoms with Gasteiger partial charge in [0.25, 0.3) is 5.91 Å². The van der Waals surface area contributed by atoms with E-state index in [0.29, 0.717) is 39.9 Å². The van der Waals surface area contributed by atoms with Gasteiger partial charge in [-0.05, 0) is 97.0 Å². The molecule has 1 amide bonds. The Kier molecular flexibility index (Phi) is 7.65. The summed E-state index contributed by atoms with van der Waals surface area (Å²) in [5.41, 5.74) is 5.50. The average Bonchev–Trinajstić information content (AvgIpc) is 2.95. The highest BCUT2D eigenvalue weighted by molar-refractivity contribution is 5.96. The van der Waals surface area contributed by atoms with Crippen molar-refractivity contribution in [3.8, 4) is 11.1 Å². The standard InChI is InChI=1S/C33H30F2N2O3/c1-20-9-10-22(18-30(20)35)21(2)36-32(38)25-12-14-31-24(17-25)6-5-15-37(31)19-26-16-23(11-13-29(26)34)27-7-3-4-8-28(27)33(39)40/h3-4,7-14,16-18,21H,5-6,15,19H2,1-2H3,(H,36,38)(H,39,40)/t21-/m0/s1. The van der Waals surface area contributed by atoms with Crippen molar-refractivity contribution in [3.63, 3.8) is 0 Å². The van der Waals surface area contributed by atoms with Gasteiger partial charge in [0.05, 0.1) is 11.6 Å². The lowest BCUT2D eigenvalue weighted by atomic mass is 9.96. The molecule has 5 rings (SSSR count). The molecule has 1 aliphatic rings. The first-order chi connectivity index (χ1) is 19.2. The Morgan fingerprint density at radius 2 is 1.77 bits per heavy atom. The SMILES string of the molecule is Cc1ccc([C@H](C)NC(=O)c2ccc3c(c2)CCCN3Cc2cc(-c3ccccc3C(=O)O)ccc2F)cc1F. The zero-order chi connectivity index (χ0) is 28.4. The number of carbonyl (C=O) groups is 2. The number of hydrogen-bond donors (Lipinski definition) is 2. The number of anilines is 1. The predicted octanol–water partition coefficient (Wildman–Crippen LogP) is 7.08. The molecule has 0 aliphatic carbocycles. The number of carbonyl (C=O) groups excluding carboxylic acids is 1. The lowest BCUT2D eigenvalue weighted by Gasteiger charge is -2.32. The zero-order valence-corrected chi connectivity index (χ0v) is 22.4. The summed E-state index contributed by atoms with van der Waals surface area (Å²) in [6, 6.07) is 21.5. The Hall–Kier alpha value is -4.52. The van der Waals surface area contributed by atoms with Crippen LogP contribution in [0.1, 0.15) is 62.4 Å². The number of rotatable bonds is 7. The summed E-state index contributed by atoms with van der Waals surface area (Å²) in [7, 11) is 0. The van der Waals surface area contributed by atoms with Crippen molar-refractivity contribution in [3.05, 3.63) is 124 Å². The predicted molar refractivity (Wildman–Crippen MR) is 152 cm³/mol. The number of fused-ring (bicyclic) bond motifs is 1. The molecular formula is C33H30F2N2O3. The van der Waals surface area contributed by atoms with E-state index in [1.165, 1.54) is 18.2 Å². The van der Waals surface area contributed by atoms with Gasteiger partial charge in [-0.1, -0.05) is 36.4 Å². The van der Waals surface area contributed by atoms with Gasteiger partial charge < -0.3 is 15.3 Å². The van der Waals surface area contributed by atoms with Crippen LogP contribution in [0.25, 0.3) is 11.1 Å². The highest BCUT2D eigenvalue weighted by Gasteiger charge is 2.22. The van der Waals surface area contributed by atoms with Crippen LogP contribution in [-0.2, 0) is 13.0 Å². The Balaban J connectivity index is 1.35. The van der Waals surface area contributed by atoms with Crippen LogP contribution in [-0.4, -0.2) is 23.5 Å².